The summed E-state index contributed by atoms with van der Waals surface area (Å²) in [5.41, 5.74) is -7.49. The number of benzene rings is 2. The van der Waals surface area contributed by atoms with Gasteiger partial charge in [-0.25, -0.2) is 9.59 Å². The van der Waals surface area contributed by atoms with E-state index in [1.807, 2.05) is 0 Å². The summed E-state index contributed by atoms with van der Waals surface area (Å²) >= 11 is 0. The molecule has 0 amide bonds. The van der Waals surface area contributed by atoms with Gasteiger partial charge in [0.05, 0.1) is 25.4 Å². The topological polar surface area (TPSA) is 227 Å². The molecule has 2 saturated carbocycles. The lowest BCUT2D eigenvalue weighted by molar-refractivity contribution is -0.174. The summed E-state index contributed by atoms with van der Waals surface area (Å²) in [4.78, 5) is 53.2. The van der Waals surface area contributed by atoms with Gasteiger partial charge in [0.1, 0.15) is 57.9 Å². The fourth-order valence-electron chi connectivity index (χ4n) is 7.00. The van der Waals surface area contributed by atoms with Gasteiger partial charge in [-0.1, -0.05) is 13.8 Å². The Hall–Kier alpha value is -5.08. The molecule has 2 aliphatic heterocycles. The lowest BCUT2D eigenvalue weighted by atomic mass is 9.69. The molecule has 2 aromatic carbocycles. The van der Waals surface area contributed by atoms with Crippen molar-refractivity contribution in [3.05, 3.63) is 46.5 Å². The smallest absolute Gasteiger partial charge is 0.358 e. The van der Waals surface area contributed by atoms with Gasteiger partial charge in [0.15, 0.2) is 11.6 Å². The van der Waals surface area contributed by atoms with Crippen LogP contribution in [0, 0.1) is 11.8 Å². The van der Waals surface area contributed by atoms with E-state index in [0.717, 1.165) is 26.4 Å². The number of hydrogen-bond acceptors (Lipinski definition) is 14. The Morgan fingerprint density at radius 3 is 1.37 bits per heavy atom. The Morgan fingerprint density at radius 1 is 0.696 bits per heavy atom. The van der Waals surface area contributed by atoms with Crippen LogP contribution in [0.5, 0.6) is 23.0 Å². The average Bonchev–Trinajstić information content (AvgIpc) is 3.01. The second-order valence-corrected chi connectivity index (χ2v) is 11.9. The zero-order valence-electron chi connectivity index (χ0n) is 25.0. The van der Waals surface area contributed by atoms with Gasteiger partial charge < -0.3 is 49.6 Å². The van der Waals surface area contributed by atoms with Crippen molar-refractivity contribution in [3.63, 3.8) is 0 Å². The van der Waals surface area contributed by atoms with E-state index in [1.54, 1.807) is 0 Å². The van der Waals surface area contributed by atoms with Crippen molar-refractivity contribution in [2.75, 3.05) is 14.2 Å². The van der Waals surface area contributed by atoms with Crippen LogP contribution in [0.1, 0.15) is 37.8 Å². The third-order valence-corrected chi connectivity index (χ3v) is 9.24. The zero-order valence-corrected chi connectivity index (χ0v) is 25.0. The van der Waals surface area contributed by atoms with Crippen LogP contribution in [0.25, 0.3) is 22.6 Å². The van der Waals surface area contributed by atoms with E-state index in [9.17, 15) is 49.8 Å². The van der Waals surface area contributed by atoms with Crippen LogP contribution in [0.4, 0.5) is 0 Å². The van der Waals surface area contributed by atoms with Crippen LogP contribution in [0.15, 0.2) is 35.4 Å². The maximum Gasteiger partial charge on any atom is 0.358 e. The molecule has 242 valence electrons. The number of hydrogen-bond donors (Lipinski definition) is 6. The van der Waals surface area contributed by atoms with Gasteiger partial charge in [0, 0.05) is 24.0 Å². The number of carbonyl (C=O) groups excluding carboxylic acids is 4. The van der Waals surface area contributed by atoms with E-state index in [0.29, 0.717) is 0 Å². The van der Waals surface area contributed by atoms with Crippen molar-refractivity contribution in [2.24, 2.45) is 11.8 Å². The molecule has 0 aromatic heterocycles. The molecule has 6 N–H and O–H groups in total. The van der Waals surface area contributed by atoms with Crippen LogP contribution in [0.3, 0.4) is 0 Å². The minimum atomic E-state index is -2.58. The molecule has 14 heteroatoms. The number of aliphatic hydroxyl groups is 4. The molecule has 4 aliphatic rings. The van der Waals surface area contributed by atoms with E-state index in [1.165, 1.54) is 26.0 Å². The van der Waals surface area contributed by atoms with E-state index < -0.39 is 116 Å². The number of rotatable bonds is 3. The number of methoxy groups -OCH3 is 2. The highest BCUT2D eigenvalue weighted by Gasteiger charge is 2.65. The maximum absolute atomic E-state index is 13.4. The number of aliphatic hydroxyl groups excluding tert-OH is 4. The van der Waals surface area contributed by atoms with Gasteiger partial charge in [-0.2, -0.15) is 0 Å². The van der Waals surface area contributed by atoms with Crippen molar-refractivity contribution in [3.8, 4) is 34.1 Å². The number of ether oxygens (including phenoxy) is 4. The first-order valence-corrected chi connectivity index (χ1v) is 14.3. The minimum absolute atomic E-state index is 0.100. The first-order valence-electron chi connectivity index (χ1n) is 14.3. The Balaban J connectivity index is 1.68. The summed E-state index contributed by atoms with van der Waals surface area (Å²) in [6.07, 6.45) is -3.96. The predicted molar refractivity (Wildman–Crippen MR) is 155 cm³/mol. The number of aromatic hydroxyl groups is 2. The molecule has 14 nitrogen and oxygen atoms in total. The minimum Gasteiger partial charge on any atom is -0.507 e. The fraction of sp³-hybridized carbons (Fsp3) is 0.375. The summed E-state index contributed by atoms with van der Waals surface area (Å²) in [5, 5.41) is 67.3. The molecule has 0 unspecified atom stereocenters. The number of phenolic OH excluding ortho intramolecular Hbond substituents is 2. The van der Waals surface area contributed by atoms with Crippen molar-refractivity contribution in [1.82, 2.24) is 0 Å². The van der Waals surface area contributed by atoms with Crippen molar-refractivity contribution < 1.29 is 68.8 Å². The van der Waals surface area contributed by atoms with E-state index in [2.05, 4.69) is 0 Å². The molecule has 0 bridgehead atoms. The first kappa shape index (κ1) is 30.9. The van der Waals surface area contributed by atoms with E-state index in [4.69, 9.17) is 18.9 Å². The van der Waals surface area contributed by atoms with Crippen molar-refractivity contribution in [1.29, 1.82) is 0 Å². The van der Waals surface area contributed by atoms with Crippen molar-refractivity contribution >= 4 is 35.0 Å². The predicted octanol–water partition coefficient (Wildman–Crippen LogP) is 1.85. The number of phenols is 2. The van der Waals surface area contributed by atoms with Gasteiger partial charge >= 0.3 is 11.9 Å². The Kier molecular flexibility index (Phi) is 6.87. The van der Waals surface area contributed by atoms with Gasteiger partial charge in [-0.15, -0.1) is 0 Å². The van der Waals surface area contributed by atoms with Gasteiger partial charge in [-0.3, -0.25) is 9.59 Å². The summed E-state index contributed by atoms with van der Waals surface area (Å²) in [7, 11) is 1.98. The lowest BCUT2D eigenvalue weighted by Crippen LogP contribution is -2.64. The highest BCUT2D eigenvalue weighted by Crippen LogP contribution is 2.57. The molecule has 2 fully saturated rings. The Morgan fingerprint density at radius 2 is 1.04 bits per heavy atom. The molecule has 46 heavy (non-hydrogen) atoms. The molecule has 6 rings (SSSR count). The molecule has 0 spiro atoms. The zero-order chi connectivity index (χ0) is 33.6. The SMILES string of the molecule is COC(=O)[C@]12Oc3c(-c4ccc(O)c5c4O[C@@]4(C(=O)OC)C(=C5O)C(=O)C[C@@H](C)[C@@H]4O)ccc(O)c3C(O)=C1C(=O)C[C@@H](C)[C@@H]2O. The summed E-state index contributed by atoms with van der Waals surface area (Å²) in [6.45, 7) is 2.98. The second-order valence-electron chi connectivity index (χ2n) is 11.9. The summed E-state index contributed by atoms with van der Waals surface area (Å²) in [5.74, 6) is -9.42. The third-order valence-electron chi connectivity index (χ3n) is 9.24. The quantitative estimate of drug-likeness (QED) is 0.264. The van der Waals surface area contributed by atoms with Crippen LogP contribution >= 0.6 is 0 Å². The monoisotopic (exact) mass is 638 g/mol. The largest absolute Gasteiger partial charge is 0.507 e. The fourth-order valence-corrected chi connectivity index (χ4v) is 7.00. The number of Topliss-reactive ketones (excluding diaryl/α,β-unsaturated/α-hetero) is 2. The van der Waals surface area contributed by atoms with E-state index >= 15 is 0 Å². The van der Waals surface area contributed by atoms with Gasteiger partial charge in [0.2, 0.25) is 0 Å². The van der Waals surface area contributed by atoms with Crippen LogP contribution < -0.4 is 9.47 Å². The average molecular weight is 639 g/mol. The maximum atomic E-state index is 13.4. The molecular formula is C32H30O14. The number of ketones is 2. The summed E-state index contributed by atoms with van der Waals surface area (Å²) < 4.78 is 22.2. The number of carbonyl (C=O) groups is 4. The first-order chi connectivity index (χ1) is 21.7. The highest BCUT2D eigenvalue weighted by molar-refractivity contribution is 6.14. The molecular weight excluding hydrogens is 608 g/mol. The van der Waals surface area contributed by atoms with Crippen molar-refractivity contribution in [2.45, 2.75) is 50.1 Å². The lowest BCUT2D eigenvalue weighted by Gasteiger charge is -2.46. The highest BCUT2D eigenvalue weighted by atomic mass is 16.6. The van der Waals surface area contributed by atoms with Gasteiger partial charge in [-0.05, 0) is 36.1 Å². The Labute approximate surface area is 260 Å². The molecule has 2 aliphatic carbocycles. The normalized spacial score (nSPS) is 29.9. The second kappa shape index (κ2) is 10.2. The molecule has 2 aromatic rings. The van der Waals surface area contributed by atoms with Crippen LogP contribution in [-0.2, 0) is 28.7 Å². The number of esters is 2. The van der Waals surface area contributed by atoms with Crippen LogP contribution in [-0.4, -0.2) is 91.8 Å². The molecule has 0 saturated heterocycles. The standard InChI is InChI=1S/C32H30O14/c1-11-9-17(35)21-23(37)19-15(33)7-5-13(25(19)45-31(21,27(11)39)29(41)43-3)14-6-8-16(34)20-24(38)22-18(36)10-12(2)28(40)32(22,30(42)44-4)46-26(14)20/h5-8,11-12,27-28,33-34,37-40H,9-10H2,1-4H3/t11-,12-,27+,28+,31+,32+/m1/s1. The third kappa shape index (κ3) is 3.70. The Bertz CT molecular complexity index is 1690. The molecule has 0 radical (unpaired) electrons. The number of fused-ring (bicyclic) bond motifs is 4. The van der Waals surface area contributed by atoms with Gasteiger partial charge in [0.25, 0.3) is 11.2 Å². The summed E-state index contributed by atoms with van der Waals surface area (Å²) in [6, 6.07) is 4.73. The van der Waals surface area contributed by atoms with E-state index in [-0.39, 0.29) is 24.0 Å². The molecule has 6 atom stereocenters. The molecule has 2 heterocycles. The van der Waals surface area contributed by atoms with Crippen LogP contribution in [0.2, 0.25) is 0 Å².